The number of carbonyl (C=O) groups is 1. The number of anilines is 1. The molecule has 0 spiro atoms. The van der Waals surface area contributed by atoms with Crippen LogP contribution in [0, 0.1) is 5.92 Å². The highest BCUT2D eigenvalue weighted by Crippen LogP contribution is 2.31. The molecule has 2 N–H and O–H groups in total. The predicted molar refractivity (Wildman–Crippen MR) is 136 cm³/mol. The standard InChI is InChI=1S/C29H32N2O4/c1-20(30-29(33)27-4-2-3-5-28(27)32)22-8-12-25(13-9-22)35-26-16-17-31(18-26)23-10-14-24(15-11-23)34-19-21-6-7-21/h2-5,8-15,20-21,26,32H,6-7,16-19H2,1H3,(H,30,33). The molecule has 2 aliphatic rings. The lowest BCUT2D eigenvalue weighted by atomic mass is 10.1. The quantitative estimate of drug-likeness (QED) is 0.441. The lowest BCUT2D eigenvalue weighted by molar-refractivity contribution is 0.0937. The van der Waals surface area contributed by atoms with Gasteiger partial charge in [0.15, 0.2) is 0 Å². The van der Waals surface area contributed by atoms with Gasteiger partial charge < -0.3 is 24.8 Å². The second-order valence-corrected chi connectivity index (χ2v) is 9.50. The Morgan fingerprint density at radius 3 is 2.43 bits per heavy atom. The first-order valence-electron chi connectivity index (χ1n) is 12.4. The number of phenolic OH excluding ortho intramolecular Hbond substituents is 1. The van der Waals surface area contributed by atoms with Gasteiger partial charge in [-0.05, 0) is 79.8 Å². The Labute approximate surface area is 206 Å². The Bertz CT molecular complexity index is 1140. The van der Waals surface area contributed by atoms with Crippen LogP contribution in [0.5, 0.6) is 17.2 Å². The normalized spacial score (nSPS) is 18.2. The van der Waals surface area contributed by atoms with E-state index in [-0.39, 0.29) is 29.4 Å². The lowest BCUT2D eigenvalue weighted by Crippen LogP contribution is -2.26. The first-order valence-corrected chi connectivity index (χ1v) is 12.4. The molecule has 0 radical (unpaired) electrons. The fourth-order valence-corrected chi connectivity index (χ4v) is 4.36. The number of phenols is 1. The Hall–Kier alpha value is -3.67. The fourth-order valence-electron chi connectivity index (χ4n) is 4.36. The van der Waals surface area contributed by atoms with Crippen LogP contribution in [-0.4, -0.2) is 36.8 Å². The van der Waals surface area contributed by atoms with Crippen LogP contribution in [0.3, 0.4) is 0 Å². The molecule has 3 aromatic rings. The number of nitrogens with zero attached hydrogens (tertiary/aromatic N) is 1. The molecule has 1 aliphatic carbocycles. The summed E-state index contributed by atoms with van der Waals surface area (Å²) in [5.41, 5.74) is 2.43. The molecule has 35 heavy (non-hydrogen) atoms. The van der Waals surface area contributed by atoms with Gasteiger partial charge in [0, 0.05) is 18.7 Å². The number of rotatable bonds is 9. The Balaban J connectivity index is 1.11. The van der Waals surface area contributed by atoms with Crippen molar-refractivity contribution in [1.82, 2.24) is 5.32 Å². The van der Waals surface area contributed by atoms with E-state index in [0.29, 0.717) is 0 Å². The Morgan fingerprint density at radius 2 is 1.71 bits per heavy atom. The summed E-state index contributed by atoms with van der Waals surface area (Å²) in [6, 6.07) is 22.6. The summed E-state index contributed by atoms with van der Waals surface area (Å²) < 4.78 is 12.1. The monoisotopic (exact) mass is 472 g/mol. The summed E-state index contributed by atoms with van der Waals surface area (Å²) in [7, 11) is 0. The van der Waals surface area contributed by atoms with Gasteiger partial charge in [-0.1, -0.05) is 24.3 Å². The molecule has 182 valence electrons. The smallest absolute Gasteiger partial charge is 0.255 e. The zero-order chi connectivity index (χ0) is 24.2. The van der Waals surface area contributed by atoms with E-state index in [4.69, 9.17) is 9.47 Å². The third-order valence-electron chi connectivity index (χ3n) is 6.71. The number of nitrogens with one attached hydrogen (secondary N) is 1. The first-order chi connectivity index (χ1) is 17.0. The van der Waals surface area contributed by atoms with E-state index in [2.05, 4.69) is 34.5 Å². The molecule has 1 saturated carbocycles. The first kappa shape index (κ1) is 23.1. The average molecular weight is 473 g/mol. The molecule has 2 unspecified atom stereocenters. The van der Waals surface area contributed by atoms with Crippen LogP contribution in [0.1, 0.15) is 48.1 Å². The van der Waals surface area contributed by atoms with Crippen LogP contribution in [0.25, 0.3) is 0 Å². The van der Waals surface area contributed by atoms with Crippen molar-refractivity contribution in [3.05, 3.63) is 83.9 Å². The molecule has 1 aliphatic heterocycles. The van der Waals surface area contributed by atoms with Crippen molar-refractivity contribution in [2.75, 3.05) is 24.6 Å². The van der Waals surface area contributed by atoms with E-state index in [9.17, 15) is 9.90 Å². The molecule has 6 nitrogen and oxygen atoms in total. The highest BCUT2D eigenvalue weighted by atomic mass is 16.5. The van der Waals surface area contributed by atoms with Crippen LogP contribution in [0.4, 0.5) is 5.69 Å². The minimum absolute atomic E-state index is 0.0237. The molecule has 0 aromatic heterocycles. The summed E-state index contributed by atoms with van der Waals surface area (Å²) in [5, 5.41) is 12.8. The van der Waals surface area contributed by atoms with Crippen molar-refractivity contribution in [1.29, 1.82) is 0 Å². The molecule has 0 bridgehead atoms. The molecule has 5 rings (SSSR count). The van der Waals surface area contributed by atoms with Gasteiger partial charge in [0.25, 0.3) is 5.91 Å². The van der Waals surface area contributed by atoms with Gasteiger partial charge in [-0.3, -0.25) is 4.79 Å². The molecule has 3 aromatic carbocycles. The third-order valence-corrected chi connectivity index (χ3v) is 6.71. The number of amides is 1. The van der Waals surface area contributed by atoms with E-state index in [0.717, 1.165) is 49.1 Å². The van der Waals surface area contributed by atoms with E-state index < -0.39 is 0 Å². The summed E-state index contributed by atoms with van der Waals surface area (Å²) in [5.74, 6) is 2.20. The van der Waals surface area contributed by atoms with E-state index >= 15 is 0 Å². The van der Waals surface area contributed by atoms with Gasteiger partial charge in [0.1, 0.15) is 23.4 Å². The van der Waals surface area contributed by atoms with Crippen LogP contribution in [-0.2, 0) is 0 Å². The zero-order valence-corrected chi connectivity index (χ0v) is 20.0. The predicted octanol–water partition coefficient (Wildman–Crippen LogP) is 5.33. The van der Waals surface area contributed by atoms with Crippen LogP contribution in [0.2, 0.25) is 0 Å². The molecule has 2 atom stereocenters. The van der Waals surface area contributed by atoms with Gasteiger partial charge in [-0.25, -0.2) is 0 Å². The van der Waals surface area contributed by atoms with Gasteiger partial charge in [0.05, 0.1) is 24.8 Å². The second kappa shape index (κ2) is 10.3. The van der Waals surface area contributed by atoms with Gasteiger partial charge in [-0.15, -0.1) is 0 Å². The van der Waals surface area contributed by atoms with Gasteiger partial charge >= 0.3 is 0 Å². The molecule has 2 fully saturated rings. The Kier molecular flexibility index (Phi) is 6.80. The highest BCUT2D eigenvalue weighted by molar-refractivity contribution is 5.96. The van der Waals surface area contributed by atoms with E-state index in [1.165, 1.54) is 24.6 Å². The third kappa shape index (κ3) is 5.88. The minimum Gasteiger partial charge on any atom is -0.507 e. The number of hydrogen-bond donors (Lipinski definition) is 2. The summed E-state index contributed by atoms with van der Waals surface area (Å²) in [6.07, 6.45) is 3.69. The van der Waals surface area contributed by atoms with Crippen molar-refractivity contribution in [2.45, 2.75) is 38.3 Å². The summed E-state index contributed by atoms with van der Waals surface area (Å²) >= 11 is 0. The van der Waals surface area contributed by atoms with Crippen molar-refractivity contribution < 1.29 is 19.4 Å². The SMILES string of the molecule is CC(NC(=O)c1ccccc1O)c1ccc(OC2CCN(c3ccc(OCC4CC4)cc3)C2)cc1. The molecule has 1 heterocycles. The molecular weight excluding hydrogens is 440 g/mol. The minimum atomic E-state index is -0.301. The summed E-state index contributed by atoms with van der Waals surface area (Å²) in [6.45, 7) is 4.56. The zero-order valence-electron chi connectivity index (χ0n) is 20.0. The van der Waals surface area contributed by atoms with Crippen molar-refractivity contribution in [2.24, 2.45) is 5.92 Å². The topological polar surface area (TPSA) is 71.0 Å². The maximum Gasteiger partial charge on any atom is 0.255 e. The van der Waals surface area contributed by atoms with E-state index in [1.807, 2.05) is 31.2 Å². The van der Waals surface area contributed by atoms with Gasteiger partial charge in [-0.2, -0.15) is 0 Å². The van der Waals surface area contributed by atoms with E-state index in [1.54, 1.807) is 18.2 Å². The summed E-state index contributed by atoms with van der Waals surface area (Å²) in [4.78, 5) is 14.8. The number of benzene rings is 3. The number of ether oxygens (including phenoxy) is 2. The van der Waals surface area contributed by atoms with Gasteiger partial charge in [0.2, 0.25) is 0 Å². The average Bonchev–Trinajstić information content (AvgIpc) is 3.60. The number of carbonyl (C=O) groups excluding carboxylic acids is 1. The number of para-hydroxylation sites is 1. The van der Waals surface area contributed by atoms with Crippen molar-refractivity contribution >= 4 is 11.6 Å². The number of aromatic hydroxyl groups is 1. The maximum absolute atomic E-state index is 12.5. The molecule has 1 amide bonds. The maximum atomic E-state index is 12.5. The largest absolute Gasteiger partial charge is 0.507 e. The molecular formula is C29H32N2O4. The van der Waals surface area contributed by atoms with Crippen molar-refractivity contribution in [3.63, 3.8) is 0 Å². The lowest BCUT2D eigenvalue weighted by Gasteiger charge is -2.20. The second-order valence-electron chi connectivity index (χ2n) is 9.50. The number of hydrogen-bond acceptors (Lipinski definition) is 5. The molecule has 1 saturated heterocycles. The van der Waals surface area contributed by atoms with Crippen LogP contribution < -0.4 is 19.7 Å². The molecule has 6 heteroatoms. The van der Waals surface area contributed by atoms with Crippen LogP contribution >= 0.6 is 0 Å². The van der Waals surface area contributed by atoms with Crippen molar-refractivity contribution in [3.8, 4) is 17.2 Å². The highest BCUT2D eigenvalue weighted by Gasteiger charge is 2.25. The Morgan fingerprint density at radius 1 is 1.00 bits per heavy atom. The fraction of sp³-hybridized carbons (Fsp3) is 0.345. The van der Waals surface area contributed by atoms with Crippen LogP contribution in [0.15, 0.2) is 72.8 Å².